The fourth-order valence-corrected chi connectivity index (χ4v) is 2.63. The first-order valence-corrected chi connectivity index (χ1v) is 7.46. The van der Waals surface area contributed by atoms with Crippen molar-refractivity contribution in [2.45, 2.75) is 19.3 Å². The summed E-state index contributed by atoms with van der Waals surface area (Å²) >= 11 is 1.29. The second kappa shape index (κ2) is 6.99. The van der Waals surface area contributed by atoms with Gasteiger partial charge in [-0.05, 0) is 12.5 Å². The van der Waals surface area contributed by atoms with Gasteiger partial charge in [0.05, 0.1) is 10.9 Å². The highest BCUT2D eigenvalue weighted by Gasteiger charge is 2.14. The van der Waals surface area contributed by atoms with Crippen molar-refractivity contribution in [3.63, 3.8) is 0 Å². The van der Waals surface area contributed by atoms with Gasteiger partial charge in [-0.1, -0.05) is 30.3 Å². The van der Waals surface area contributed by atoms with Crippen molar-refractivity contribution in [3.8, 4) is 0 Å². The van der Waals surface area contributed by atoms with E-state index < -0.39 is 5.97 Å². The van der Waals surface area contributed by atoms with Crippen LogP contribution in [0.1, 0.15) is 33.9 Å². The van der Waals surface area contributed by atoms with Gasteiger partial charge in [0, 0.05) is 18.3 Å². The van der Waals surface area contributed by atoms with Crippen LogP contribution in [0.4, 0.5) is 0 Å². The number of aromatic nitrogens is 1. The summed E-state index contributed by atoms with van der Waals surface area (Å²) in [5, 5.41) is 13.8. The zero-order chi connectivity index (χ0) is 15.2. The van der Waals surface area contributed by atoms with E-state index in [2.05, 4.69) is 10.3 Å². The van der Waals surface area contributed by atoms with Crippen LogP contribution >= 0.6 is 11.3 Å². The lowest BCUT2D eigenvalue weighted by Crippen LogP contribution is -2.29. The van der Waals surface area contributed by atoms with Crippen LogP contribution in [-0.2, 0) is 11.2 Å². The Bertz CT molecular complexity index is 625. The van der Waals surface area contributed by atoms with Crippen LogP contribution < -0.4 is 5.32 Å². The zero-order valence-electron chi connectivity index (χ0n) is 11.6. The molecule has 0 radical (unpaired) electrons. The molecule has 0 fully saturated rings. The third-order valence-corrected chi connectivity index (χ3v) is 4.01. The standard InChI is InChI=1S/C15H16N2O3S/c1-10(11-5-3-2-4-6-11)14(18)16-8-7-13-17-12(9-21-13)15(19)20/h2-6,9-10H,7-8H2,1H3,(H,16,18)(H,19,20). The Kier molecular flexibility index (Phi) is 5.05. The third-order valence-electron chi connectivity index (χ3n) is 3.10. The normalized spacial score (nSPS) is 11.9. The quantitative estimate of drug-likeness (QED) is 0.858. The van der Waals surface area contributed by atoms with Crippen molar-refractivity contribution in [1.82, 2.24) is 10.3 Å². The molecule has 110 valence electrons. The van der Waals surface area contributed by atoms with E-state index in [1.807, 2.05) is 37.3 Å². The monoisotopic (exact) mass is 304 g/mol. The van der Waals surface area contributed by atoms with Gasteiger partial charge in [0.15, 0.2) is 5.69 Å². The number of nitrogens with one attached hydrogen (secondary N) is 1. The van der Waals surface area contributed by atoms with E-state index in [-0.39, 0.29) is 17.5 Å². The highest BCUT2D eigenvalue weighted by molar-refractivity contribution is 7.09. The van der Waals surface area contributed by atoms with Crippen molar-refractivity contribution < 1.29 is 14.7 Å². The van der Waals surface area contributed by atoms with E-state index in [1.54, 1.807) is 0 Å². The van der Waals surface area contributed by atoms with Gasteiger partial charge in [0.1, 0.15) is 0 Å². The molecule has 5 nitrogen and oxygen atoms in total. The highest BCUT2D eigenvalue weighted by atomic mass is 32.1. The van der Waals surface area contributed by atoms with Gasteiger partial charge in [-0.2, -0.15) is 0 Å². The average Bonchev–Trinajstić information content (AvgIpc) is 2.96. The molecule has 0 aliphatic heterocycles. The van der Waals surface area contributed by atoms with Gasteiger partial charge in [0.2, 0.25) is 5.91 Å². The van der Waals surface area contributed by atoms with Crippen LogP contribution in [-0.4, -0.2) is 28.5 Å². The summed E-state index contributed by atoms with van der Waals surface area (Å²) in [6.07, 6.45) is 0.533. The van der Waals surface area contributed by atoms with Crippen molar-refractivity contribution in [3.05, 3.63) is 52.0 Å². The van der Waals surface area contributed by atoms with Crippen LogP contribution in [0, 0.1) is 0 Å². The van der Waals surface area contributed by atoms with Crippen molar-refractivity contribution in [2.75, 3.05) is 6.54 Å². The number of carbonyl (C=O) groups is 2. The number of carboxylic acid groups (broad SMARTS) is 1. The number of nitrogens with zero attached hydrogens (tertiary/aromatic N) is 1. The molecule has 1 amide bonds. The Morgan fingerprint density at radius 2 is 2.05 bits per heavy atom. The Hall–Kier alpha value is -2.21. The van der Waals surface area contributed by atoms with Crippen molar-refractivity contribution in [2.24, 2.45) is 0 Å². The van der Waals surface area contributed by atoms with E-state index in [0.29, 0.717) is 18.0 Å². The first kappa shape index (κ1) is 15.2. The summed E-state index contributed by atoms with van der Waals surface area (Å²) in [6.45, 7) is 2.30. The maximum Gasteiger partial charge on any atom is 0.355 e. The second-order valence-electron chi connectivity index (χ2n) is 4.61. The predicted octanol–water partition coefficient (Wildman–Crippen LogP) is 2.30. The number of benzene rings is 1. The zero-order valence-corrected chi connectivity index (χ0v) is 12.4. The molecule has 0 aliphatic carbocycles. The van der Waals surface area contributed by atoms with Gasteiger partial charge in [-0.25, -0.2) is 9.78 Å². The van der Waals surface area contributed by atoms with E-state index in [1.165, 1.54) is 16.7 Å². The molecule has 1 aromatic carbocycles. The molecule has 0 spiro atoms. The lowest BCUT2D eigenvalue weighted by Gasteiger charge is -2.11. The molecule has 1 atom stereocenters. The molecular formula is C15H16N2O3S. The Morgan fingerprint density at radius 1 is 1.33 bits per heavy atom. The van der Waals surface area contributed by atoms with E-state index in [4.69, 9.17) is 5.11 Å². The molecule has 6 heteroatoms. The van der Waals surface area contributed by atoms with Crippen LogP contribution in [0.15, 0.2) is 35.7 Å². The van der Waals surface area contributed by atoms with Crippen LogP contribution in [0.25, 0.3) is 0 Å². The van der Waals surface area contributed by atoms with Gasteiger partial charge >= 0.3 is 5.97 Å². The number of aromatic carboxylic acids is 1. The lowest BCUT2D eigenvalue weighted by atomic mass is 10.0. The minimum Gasteiger partial charge on any atom is -0.476 e. The second-order valence-corrected chi connectivity index (χ2v) is 5.55. The van der Waals surface area contributed by atoms with Crippen molar-refractivity contribution >= 4 is 23.2 Å². The van der Waals surface area contributed by atoms with E-state index in [0.717, 1.165) is 5.56 Å². The highest BCUT2D eigenvalue weighted by Crippen LogP contribution is 2.14. The number of rotatable bonds is 6. The average molecular weight is 304 g/mol. The van der Waals surface area contributed by atoms with Gasteiger partial charge < -0.3 is 10.4 Å². The largest absolute Gasteiger partial charge is 0.476 e. The van der Waals surface area contributed by atoms with Gasteiger partial charge in [-0.3, -0.25) is 4.79 Å². The number of hydrogen-bond donors (Lipinski definition) is 2. The molecule has 0 saturated heterocycles. The molecule has 1 aromatic heterocycles. The summed E-state index contributed by atoms with van der Waals surface area (Å²) < 4.78 is 0. The first-order chi connectivity index (χ1) is 10.1. The molecule has 0 bridgehead atoms. The van der Waals surface area contributed by atoms with Crippen LogP contribution in [0.3, 0.4) is 0 Å². The molecule has 1 heterocycles. The third kappa shape index (κ3) is 4.13. The molecular weight excluding hydrogens is 288 g/mol. The maximum absolute atomic E-state index is 12.0. The summed E-state index contributed by atoms with van der Waals surface area (Å²) in [7, 11) is 0. The Labute approximate surface area is 126 Å². The number of carboxylic acids is 1. The van der Waals surface area contributed by atoms with Crippen molar-refractivity contribution in [1.29, 1.82) is 0 Å². The predicted molar refractivity (Wildman–Crippen MR) is 80.6 cm³/mol. The molecule has 2 rings (SSSR count). The molecule has 2 aromatic rings. The fourth-order valence-electron chi connectivity index (χ4n) is 1.86. The fraction of sp³-hybridized carbons (Fsp3) is 0.267. The van der Waals surface area contributed by atoms with E-state index >= 15 is 0 Å². The molecule has 1 unspecified atom stereocenters. The number of carbonyl (C=O) groups excluding carboxylic acids is 1. The van der Waals surface area contributed by atoms with Crippen LogP contribution in [0.2, 0.25) is 0 Å². The summed E-state index contributed by atoms with van der Waals surface area (Å²) in [5.41, 5.74) is 1.02. The van der Waals surface area contributed by atoms with Gasteiger partial charge in [-0.15, -0.1) is 11.3 Å². The minimum absolute atomic E-state index is 0.0452. The first-order valence-electron chi connectivity index (χ1n) is 6.58. The maximum atomic E-state index is 12.0. The Balaban J connectivity index is 1.82. The van der Waals surface area contributed by atoms with Crippen LogP contribution in [0.5, 0.6) is 0 Å². The lowest BCUT2D eigenvalue weighted by molar-refractivity contribution is -0.122. The van der Waals surface area contributed by atoms with Gasteiger partial charge in [0.25, 0.3) is 0 Å². The molecule has 2 N–H and O–H groups in total. The SMILES string of the molecule is CC(C(=O)NCCc1nc(C(=O)O)cs1)c1ccccc1. The molecule has 21 heavy (non-hydrogen) atoms. The topological polar surface area (TPSA) is 79.3 Å². The minimum atomic E-state index is -1.03. The molecule has 0 saturated carbocycles. The summed E-state index contributed by atoms with van der Waals surface area (Å²) in [5.74, 6) is -1.28. The van der Waals surface area contributed by atoms with E-state index in [9.17, 15) is 9.59 Å². The number of thiazole rings is 1. The summed E-state index contributed by atoms with van der Waals surface area (Å²) in [6, 6.07) is 9.56. The Morgan fingerprint density at radius 3 is 2.67 bits per heavy atom. The molecule has 0 aliphatic rings. The number of amides is 1. The smallest absolute Gasteiger partial charge is 0.355 e. The summed E-state index contributed by atoms with van der Waals surface area (Å²) in [4.78, 5) is 26.7. The number of hydrogen-bond acceptors (Lipinski definition) is 4.